The van der Waals surface area contributed by atoms with Gasteiger partial charge in [0.25, 0.3) is 0 Å². The molecule has 23 heavy (non-hydrogen) atoms. The molecule has 0 nitrogen and oxygen atoms in total. The summed E-state index contributed by atoms with van der Waals surface area (Å²) in [7, 11) is -0.735. The zero-order valence-corrected chi connectivity index (χ0v) is 18.9. The van der Waals surface area contributed by atoms with Crippen molar-refractivity contribution in [1.29, 1.82) is 0 Å². The summed E-state index contributed by atoms with van der Waals surface area (Å²) in [6.45, 7) is 11.1. The molecule has 0 atom stereocenters. The van der Waals surface area contributed by atoms with Gasteiger partial charge in [-0.3, -0.25) is 0 Å². The minimum atomic E-state index is -0.735. The highest BCUT2D eigenvalue weighted by Gasteiger charge is 2.34. The molecular formula is C21H44BrP. The monoisotopic (exact) mass is 406 g/mol. The molecule has 0 aliphatic carbocycles. The molecule has 0 amide bonds. The Labute approximate surface area is 159 Å². The van der Waals surface area contributed by atoms with Crippen molar-refractivity contribution in [3.63, 3.8) is 0 Å². The first-order valence-electron chi connectivity index (χ1n) is 10.2. The molecule has 0 aromatic rings. The molecule has 0 aliphatic rings. The lowest BCUT2D eigenvalue weighted by Crippen LogP contribution is -3.00. The average molecular weight is 407 g/mol. The number of halogens is 1. The molecule has 0 unspecified atom stereocenters. The average Bonchev–Trinajstić information content (AvgIpc) is 2.53. The normalized spacial score (nSPS) is 11.3. The first kappa shape index (κ1) is 25.9. The van der Waals surface area contributed by atoms with Gasteiger partial charge in [-0.2, -0.15) is 0 Å². The van der Waals surface area contributed by atoms with Gasteiger partial charge >= 0.3 is 0 Å². The third-order valence-electron chi connectivity index (χ3n) is 4.97. The van der Waals surface area contributed by atoms with Crippen molar-refractivity contribution in [2.45, 2.75) is 97.8 Å². The topological polar surface area (TPSA) is 0 Å². The van der Waals surface area contributed by atoms with Crippen LogP contribution in [0.1, 0.15) is 97.8 Å². The van der Waals surface area contributed by atoms with Crippen LogP contribution < -0.4 is 17.0 Å². The van der Waals surface area contributed by atoms with Crippen LogP contribution in [-0.2, 0) is 0 Å². The smallest absolute Gasteiger partial charge is 0.0771 e. The Morgan fingerprint density at radius 3 is 1.22 bits per heavy atom. The molecule has 0 saturated carbocycles. The number of rotatable bonds is 17. The molecule has 0 bridgehead atoms. The van der Waals surface area contributed by atoms with E-state index >= 15 is 0 Å². The molecule has 140 valence electrons. The lowest BCUT2D eigenvalue weighted by atomic mass is 10.2. The fraction of sp³-hybridized carbons (Fsp3) is 0.905. The summed E-state index contributed by atoms with van der Waals surface area (Å²) < 4.78 is 0. The van der Waals surface area contributed by atoms with Gasteiger partial charge in [-0.15, -0.1) is 0 Å². The van der Waals surface area contributed by atoms with E-state index in [9.17, 15) is 0 Å². The third-order valence-corrected chi connectivity index (χ3v) is 9.80. The molecule has 0 aromatic carbocycles. The summed E-state index contributed by atoms with van der Waals surface area (Å²) >= 11 is 0. The predicted molar refractivity (Wildman–Crippen MR) is 109 cm³/mol. The minimum absolute atomic E-state index is 0. The van der Waals surface area contributed by atoms with E-state index in [1.165, 1.54) is 83.2 Å². The second-order valence-electron chi connectivity index (χ2n) is 7.17. The molecule has 0 saturated heterocycles. The SMILES string of the molecule is C=CC[P+](CCCCCC)(CCCCCC)CCCCCC.[Br-]. The third kappa shape index (κ3) is 14.7. The zero-order valence-electron chi connectivity index (χ0n) is 16.4. The molecule has 0 aromatic heterocycles. The van der Waals surface area contributed by atoms with Crippen molar-refractivity contribution >= 4 is 7.26 Å². The first-order valence-corrected chi connectivity index (χ1v) is 12.7. The largest absolute Gasteiger partial charge is 1.00 e. The van der Waals surface area contributed by atoms with E-state index in [-0.39, 0.29) is 17.0 Å². The van der Waals surface area contributed by atoms with Gasteiger partial charge in [0.15, 0.2) is 0 Å². The Balaban J connectivity index is 0. The van der Waals surface area contributed by atoms with Crippen LogP contribution in [0.5, 0.6) is 0 Å². The van der Waals surface area contributed by atoms with E-state index in [0.29, 0.717) is 0 Å². The minimum Gasteiger partial charge on any atom is -1.00 e. The van der Waals surface area contributed by atoms with Crippen molar-refractivity contribution in [2.75, 3.05) is 24.6 Å². The quantitative estimate of drug-likeness (QED) is 0.182. The lowest BCUT2D eigenvalue weighted by molar-refractivity contribution is -0.00000506. The van der Waals surface area contributed by atoms with Crippen molar-refractivity contribution in [2.24, 2.45) is 0 Å². The van der Waals surface area contributed by atoms with Crippen LogP contribution in [0.15, 0.2) is 12.7 Å². The van der Waals surface area contributed by atoms with Crippen LogP contribution in [0.3, 0.4) is 0 Å². The van der Waals surface area contributed by atoms with E-state index in [4.69, 9.17) is 0 Å². The van der Waals surface area contributed by atoms with Gasteiger partial charge in [-0.1, -0.05) is 72.0 Å². The van der Waals surface area contributed by atoms with Gasteiger partial charge in [-0.25, -0.2) is 0 Å². The van der Waals surface area contributed by atoms with E-state index in [1.54, 1.807) is 18.5 Å². The summed E-state index contributed by atoms with van der Waals surface area (Å²) in [6.07, 6.45) is 25.5. The van der Waals surface area contributed by atoms with Gasteiger partial charge in [0.1, 0.15) is 0 Å². The number of allylic oxidation sites excluding steroid dienone is 1. The van der Waals surface area contributed by atoms with Gasteiger partial charge in [0.05, 0.1) is 24.6 Å². The molecule has 0 radical (unpaired) electrons. The summed E-state index contributed by atoms with van der Waals surface area (Å²) in [5.74, 6) is 0. The highest BCUT2D eigenvalue weighted by Crippen LogP contribution is 2.60. The molecule has 2 heteroatoms. The summed E-state index contributed by atoms with van der Waals surface area (Å²) in [4.78, 5) is 0. The molecule has 0 rings (SSSR count). The van der Waals surface area contributed by atoms with Gasteiger partial charge in [-0.05, 0) is 38.5 Å². The second-order valence-corrected chi connectivity index (χ2v) is 11.6. The van der Waals surface area contributed by atoms with Crippen LogP contribution in [-0.4, -0.2) is 24.6 Å². The summed E-state index contributed by atoms with van der Waals surface area (Å²) in [5, 5.41) is 0. The Bertz CT molecular complexity index is 209. The van der Waals surface area contributed by atoms with E-state index in [0.717, 1.165) is 0 Å². The molecule has 0 aliphatic heterocycles. The number of hydrogen-bond acceptors (Lipinski definition) is 0. The Hall–Kier alpha value is 0.650. The van der Waals surface area contributed by atoms with Gasteiger partial charge in [0.2, 0.25) is 0 Å². The maximum Gasteiger partial charge on any atom is 0.0771 e. The lowest BCUT2D eigenvalue weighted by Gasteiger charge is -2.27. The molecule has 0 fully saturated rings. The van der Waals surface area contributed by atoms with Crippen LogP contribution >= 0.6 is 7.26 Å². The van der Waals surface area contributed by atoms with Crippen LogP contribution in [0.4, 0.5) is 0 Å². The fourth-order valence-corrected chi connectivity index (χ4v) is 7.95. The highest BCUT2D eigenvalue weighted by atomic mass is 79.9. The van der Waals surface area contributed by atoms with E-state index in [2.05, 4.69) is 33.4 Å². The number of hydrogen-bond donors (Lipinski definition) is 0. The standard InChI is InChI=1S/C21H44P.BrH/c1-5-9-12-15-19-22(18-8-4,20-16-13-10-6-2)21-17-14-11-7-3;/h8H,4-7,9-21H2,1-3H3;1H/q+1;/p-1. The Morgan fingerprint density at radius 2 is 0.957 bits per heavy atom. The number of unbranched alkanes of at least 4 members (excludes halogenated alkanes) is 9. The van der Waals surface area contributed by atoms with Crippen molar-refractivity contribution in [1.82, 2.24) is 0 Å². The van der Waals surface area contributed by atoms with Crippen LogP contribution in [0, 0.1) is 0 Å². The summed E-state index contributed by atoms with van der Waals surface area (Å²) in [5.41, 5.74) is 0. The predicted octanol–water partition coefficient (Wildman–Crippen LogP) is 4.93. The van der Waals surface area contributed by atoms with Crippen molar-refractivity contribution < 1.29 is 17.0 Å². The Morgan fingerprint density at radius 1 is 0.609 bits per heavy atom. The first-order chi connectivity index (χ1) is 10.7. The maximum absolute atomic E-state index is 4.11. The van der Waals surface area contributed by atoms with Crippen molar-refractivity contribution in [3.8, 4) is 0 Å². The molecular weight excluding hydrogens is 363 g/mol. The van der Waals surface area contributed by atoms with Crippen LogP contribution in [0.2, 0.25) is 0 Å². The Kier molecular flexibility index (Phi) is 21.4. The van der Waals surface area contributed by atoms with Crippen molar-refractivity contribution in [3.05, 3.63) is 12.7 Å². The van der Waals surface area contributed by atoms with Crippen LogP contribution in [0.25, 0.3) is 0 Å². The van der Waals surface area contributed by atoms with Gasteiger partial charge in [0, 0.05) is 7.26 Å². The molecule has 0 heterocycles. The molecule has 0 N–H and O–H groups in total. The zero-order chi connectivity index (χ0) is 16.5. The second kappa shape index (κ2) is 19.0. The van der Waals surface area contributed by atoms with Gasteiger partial charge < -0.3 is 17.0 Å². The summed E-state index contributed by atoms with van der Waals surface area (Å²) in [6, 6.07) is 0. The highest BCUT2D eigenvalue weighted by molar-refractivity contribution is 7.76. The molecule has 0 spiro atoms. The maximum atomic E-state index is 4.11. The fourth-order valence-electron chi connectivity index (χ4n) is 3.51. The van der Waals surface area contributed by atoms with E-state index in [1.807, 2.05) is 0 Å². The van der Waals surface area contributed by atoms with E-state index < -0.39 is 7.26 Å².